The van der Waals surface area contributed by atoms with E-state index in [4.69, 9.17) is 21.1 Å². The Hall–Kier alpha value is -1.88. The van der Waals surface area contributed by atoms with Gasteiger partial charge in [-0.1, -0.05) is 12.1 Å². The molecule has 1 heterocycles. The molecule has 0 amide bonds. The van der Waals surface area contributed by atoms with Crippen LogP contribution in [0.5, 0.6) is 11.8 Å². The first-order chi connectivity index (χ1) is 9.60. The van der Waals surface area contributed by atoms with Crippen molar-refractivity contribution in [2.45, 2.75) is 26.9 Å². The highest BCUT2D eigenvalue weighted by Crippen LogP contribution is 2.28. The predicted molar refractivity (Wildman–Crippen MR) is 77.2 cm³/mol. The molecular weight excluding hydrogens is 278 g/mol. The lowest BCUT2D eigenvalue weighted by molar-refractivity contribution is 0.222. The topological polar surface area (TPSA) is 57.1 Å². The lowest BCUT2D eigenvalue weighted by atomic mass is 10.2. The van der Waals surface area contributed by atoms with E-state index in [2.05, 4.69) is 15.0 Å². The van der Waals surface area contributed by atoms with Gasteiger partial charge in [-0.25, -0.2) is 0 Å². The summed E-state index contributed by atoms with van der Waals surface area (Å²) in [5.41, 5.74) is 0.757. The first-order valence-electron chi connectivity index (χ1n) is 6.40. The van der Waals surface area contributed by atoms with E-state index in [1.165, 1.54) is 0 Å². The van der Waals surface area contributed by atoms with E-state index in [0.717, 1.165) is 5.56 Å². The van der Waals surface area contributed by atoms with Gasteiger partial charge in [0.25, 0.3) is 0 Å². The van der Waals surface area contributed by atoms with Crippen LogP contribution >= 0.6 is 11.6 Å². The zero-order valence-electron chi connectivity index (χ0n) is 11.6. The Balaban J connectivity index is 2.44. The van der Waals surface area contributed by atoms with Gasteiger partial charge in [0.15, 0.2) is 5.82 Å². The molecule has 0 spiro atoms. The summed E-state index contributed by atoms with van der Waals surface area (Å²) in [5.74, 6) is 1.14. The molecule has 5 nitrogen and oxygen atoms in total. The van der Waals surface area contributed by atoms with Crippen molar-refractivity contribution < 1.29 is 9.47 Å². The van der Waals surface area contributed by atoms with Crippen LogP contribution in [0, 0.1) is 0 Å². The van der Waals surface area contributed by atoms with Crippen molar-refractivity contribution in [2.24, 2.45) is 0 Å². The first-order valence-corrected chi connectivity index (χ1v) is 6.78. The number of hydrogen-bond acceptors (Lipinski definition) is 5. The van der Waals surface area contributed by atoms with Gasteiger partial charge in [-0.2, -0.15) is 15.0 Å². The Kier molecular flexibility index (Phi) is 4.74. The van der Waals surface area contributed by atoms with Crippen LogP contribution < -0.4 is 9.47 Å². The highest BCUT2D eigenvalue weighted by molar-refractivity contribution is 6.28. The Morgan fingerprint density at radius 1 is 1.15 bits per heavy atom. The number of benzene rings is 1. The molecule has 0 saturated heterocycles. The second kappa shape index (κ2) is 6.52. The van der Waals surface area contributed by atoms with E-state index >= 15 is 0 Å². The van der Waals surface area contributed by atoms with Crippen LogP contribution in [0.15, 0.2) is 24.3 Å². The zero-order chi connectivity index (χ0) is 14.5. The van der Waals surface area contributed by atoms with E-state index in [-0.39, 0.29) is 17.4 Å². The van der Waals surface area contributed by atoms with Crippen LogP contribution in [0.4, 0.5) is 0 Å². The minimum absolute atomic E-state index is 0.0385. The zero-order valence-corrected chi connectivity index (χ0v) is 12.4. The number of halogens is 1. The molecule has 0 radical (unpaired) electrons. The highest BCUT2D eigenvalue weighted by Gasteiger charge is 2.13. The summed E-state index contributed by atoms with van der Waals surface area (Å²) in [7, 11) is 0. The van der Waals surface area contributed by atoms with E-state index in [0.29, 0.717) is 18.2 Å². The molecule has 0 atom stereocenters. The maximum absolute atomic E-state index is 5.93. The number of rotatable bonds is 5. The third-order valence-corrected chi connectivity index (χ3v) is 2.53. The van der Waals surface area contributed by atoms with Crippen LogP contribution in [0.25, 0.3) is 11.4 Å². The molecule has 0 saturated carbocycles. The highest BCUT2D eigenvalue weighted by atomic mass is 35.5. The van der Waals surface area contributed by atoms with E-state index in [9.17, 15) is 0 Å². The molecule has 106 valence electrons. The number of ether oxygens (including phenoxy) is 2. The summed E-state index contributed by atoms with van der Waals surface area (Å²) in [6, 6.07) is 7.72. The third-order valence-electron chi connectivity index (χ3n) is 2.36. The summed E-state index contributed by atoms with van der Waals surface area (Å²) in [6.07, 6.45) is -0.0385. The van der Waals surface area contributed by atoms with Crippen molar-refractivity contribution in [1.29, 1.82) is 0 Å². The molecule has 0 aliphatic rings. The molecular formula is C14H16ClN3O2. The molecule has 0 aliphatic carbocycles. The standard InChI is InChI=1S/C14H16ClN3O2/c1-4-19-11-8-6-5-7-10(11)12-16-13(15)18-14(17-12)20-9(2)3/h5-9H,4H2,1-3H3. The number of para-hydroxylation sites is 1. The molecule has 20 heavy (non-hydrogen) atoms. The molecule has 2 rings (SSSR count). The van der Waals surface area contributed by atoms with Crippen molar-refractivity contribution in [3.8, 4) is 23.1 Å². The quantitative estimate of drug-likeness (QED) is 0.846. The molecule has 0 fully saturated rings. The fourth-order valence-electron chi connectivity index (χ4n) is 1.65. The van der Waals surface area contributed by atoms with Gasteiger partial charge in [0, 0.05) is 0 Å². The molecule has 1 aromatic heterocycles. The van der Waals surface area contributed by atoms with Gasteiger partial charge in [-0.15, -0.1) is 0 Å². The summed E-state index contributed by atoms with van der Waals surface area (Å²) in [6.45, 7) is 6.27. The largest absolute Gasteiger partial charge is 0.493 e. The summed E-state index contributed by atoms with van der Waals surface area (Å²) in [5, 5.41) is 0.0944. The van der Waals surface area contributed by atoms with Crippen molar-refractivity contribution in [2.75, 3.05) is 6.61 Å². The maximum Gasteiger partial charge on any atom is 0.321 e. The van der Waals surface area contributed by atoms with Gasteiger partial charge >= 0.3 is 6.01 Å². The number of hydrogen-bond donors (Lipinski definition) is 0. The van der Waals surface area contributed by atoms with Crippen molar-refractivity contribution >= 4 is 11.6 Å². The molecule has 0 bridgehead atoms. The second-order valence-electron chi connectivity index (χ2n) is 4.31. The Morgan fingerprint density at radius 2 is 1.90 bits per heavy atom. The average molecular weight is 294 g/mol. The van der Waals surface area contributed by atoms with Crippen LogP contribution in [0.3, 0.4) is 0 Å². The average Bonchev–Trinajstić information content (AvgIpc) is 2.38. The monoisotopic (exact) mass is 293 g/mol. The summed E-state index contributed by atoms with van der Waals surface area (Å²) < 4.78 is 11.0. The SMILES string of the molecule is CCOc1ccccc1-c1nc(Cl)nc(OC(C)C)n1. The van der Waals surface area contributed by atoms with Gasteiger partial charge in [0.1, 0.15) is 5.75 Å². The molecule has 0 aliphatic heterocycles. The molecule has 6 heteroatoms. The summed E-state index contributed by atoms with van der Waals surface area (Å²) >= 11 is 5.93. The minimum atomic E-state index is -0.0385. The molecule has 2 aromatic rings. The normalized spacial score (nSPS) is 10.7. The van der Waals surface area contributed by atoms with Gasteiger partial charge in [-0.3, -0.25) is 0 Å². The lowest BCUT2D eigenvalue weighted by Crippen LogP contribution is -2.10. The molecule has 1 aromatic carbocycles. The van der Waals surface area contributed by atoms with E-state index in [1.807, 2.05) is 45.0 Å². The lowest BCUT2D eigenvalue weighted by Gasteiger charge is -2.11. The van der Waals surface area contributed by atoms with Gasteiger partial charge in [-0.05, 0) is 44.5 Å². The Bertz CT molecular complexity index is 590. The Labute approximate surface area is 123 Å². The van der Waals surface area contributed by atoms with Crippen LogP contribution in [-0.2, 0) is 0 Å². The van der Waals surface area contributed by atoms with E-state index < -0.39 is 0 Å². The Morgan fingerprint density at radius 3 is 2.60 bits per heavy atom. The van der Waals surface area contributed by atoms with Gasteiger partial charge < -0.3 is 9.47 Å². The van der Waals surface area contributed by atoms with Crippen LogP contribution in [0.1, 0.15) is 20.8 Å². The summed E-state index contributed by atoms with van der Waals surface area (Å²) in [4.78, 5) is 12.4. The fourth-order valence-corrected chi connectivity index (χ4v) is 1.80. The first kappa shape index (κ1) is 14.5. The van der Waals surface area contributed by atoms with Crippen molar-refractivity contribution in [3.63, 3.8) is 0 Å². The minimum Gasteiger partial charge on any atom is -0.493 e. The van der Waals surface area contributed by atoms with Crippen LogP contribution in [0.2, 0.25) is 5.28 Å². The third kappa shape index (κ3) is 3.57. The van der Waals surface area contributed by atoms with Gasteiger partial charge in [0.05, 0.1) is 18.3 Å². The smallest absolute Gasteiger partial charge is 0.321 e. The van der Waals surface area contributed by atoms with Gasteiger partial charge in [0.2, 0.25) is 5.28 Å². The molecule has 0 unspecified atom stereocenters. The van der Waals surface area contributed by atoms with Crippen molar-refractivity contribution in [3.05, 3.63) is 29.5 Å². The predicted octanol–water partition coefficient (Wildman–Crippen LogP) is 3.38. The number of aromatic nitrogens is 3. The maximum atomic E-state index is 5.93. The second-order valence-corrected chi connectivity index (χ2v) is 4.64. The van der Waals surface area contributed by atoms with E-state index in [1.54, 1.807) is 0 Å². The number of nitrogens with zero attached hydrogens (tertiary/aromatic N) is 3. The fraction of sp³-hybridized carbons (Fsp3) is 0.357. The molecule has 0 N–H and O–H groups in total. The van der Waals surface area contributed by atoms with Crippen LogP contribution in [-0.4, -0.2) is 27.7 Å². The van der Waals surface area contributed by atoms with Crippen molar-refractivity contribution in [1.82, 2.24) is 15.0 Å².